The number of nitrogens with one attached hydrogen (secondary N) is 1. The minimum Gasteiger partial charge on any atom is -0.497 e. The number of carboxylic acids is 2. The van der Waals surface area contributed by atoms with Gasteiger partial charge in [0.2, 0.25) is 5.91 Å². The van der Waals surface area contributed by atoms with Crippen LogP contribution in [-0.4, -0.2) is 135 Å². The Hall–Kier alpha value is -6.16. The highest BCUT2D eigenvalue weighted by atomic mass is 16.7. The van der Waals surface area contributed by atoms with E-state index in [9.17, 15) is 29.4 Å². The van der Waals surface area contributed by atoms with E-state index in [-0.39, 0.29) is 48.8 Å². The molecule has 0 unspecified atom stereocenters. The van der Waals surface area contributed by atoms with Gasteiger partial charge in [0, 0.05) is 56.5 Å². The first-order valence-corrected chi connectivity index (χ1v) is 26.2. The standard InChI is InChI=1S/C31H42N2O6.C27H36N2O5/c1-4-16-33(39-17-5-2)29(34)21-32-20-25(23-13-14-28-24(19-23)15-18-38-28)30(31(35)36)26(32)11-8-10-22-9-6-7-12-27(22)37-3;1-4-16-28-25(30)18-29-17-22(19-12-14-21(33-2)15-13-19)26(27(31)32)23(29)10-7-9-20-8-5-6-11-24(20)34-3/h6-7,9,12-14,19,25-26,30H,4-5,8,10-11,15-18,20-21H2,1-3H3,(H,35,36);5-6,8,11-15,22-23,26H,4,7,9-10,16-18H2,1-3H3,(H,28,30)(H,31,32)/t25-,26+,30-;22-,23+,26-/m11/s1. The van der Waals surface area contributed by atoms with Crippen molar-refractivity contribution < 1.29 is 53.2 Å². The van der Waals surface area contributed by atoms with Crippen LogP contribution < -0.4 is 24.3 Å². The van der Waals surface area contributed by atoms with Crippen LogP contribution in [-0.2, 0) is 43.3 Å². The number of para-hydroxylation sites is 2. The lowest BCUT2D eigenvalue weighted by Gasteiger charge is -2.29. The van der Waals surface area contributed by atoms with Gasteiger partial charge in [-0.1, -0.05) is 81.4 Å². The first-order chi connectivity index (χ1) is 35.4. The molecule has 396 valence electrons. The van der Waals surface area contributed by atoms with E-state index >= 15 is 0 Å². The number of carboxylic acid groups (broad SMARTS) is 2. The van der Waals surface area contributed by atoms with E-state index in [1.165, 1.54) is 5.06 Å². The fraction of sp³-hybridized carbons (Fsp3) is 0.517. The number of ether oxygens (including phenoxy) is 4. The van der Waals surface area contributed by atoms with E-state index in [2.05, 4.69) is 21.2 Å². The van der Waals surface area contributed by atoms with E-state index < -0.39 is 23.8 Å². The van der Waals surface area contributed by atoms with E-state index in [0.717, 1.165) is 102 Å². The number of hydrogen-bond acceptors (Lipinski definition) is 11. The van der Waals surface area contributed by atoms with Crippen molar-refractivity contribution >= 4 is 23.8 Å². The second kappa shape index (κ2) is 28.3. The minimum atomic E-state index is -0.820. The molecule has 7 rings (SSSR count). The smallest absolute Gasteiger partial charge is 0.308 e. The normalized spacial score (nSPS) is 20.3. The Morgan fingerprint density at radius 1 is 0.685 bits per heavy atom. The maximum atomic E-state index is 13.4. The highest BCUT2D eigenvalue weighted by Crippen LogP contribution is 2.43. The van der Waals surface area contributed by atoms with Crippen molar-refractivity contribution in [2.24, 2.45) is 11.8 Å². The van der Waals surface area contributed by atoms with Crippen LogP contribution in [0.5, 0.6) is 23.0 Å². The van der Waals surface area contributed by atoms with Gasteiger partial charge in [-0.3, -0.25) is 33.8 Å². The highest BCUT2D eigenvalue weighted by molar-refractivity contribution is 5.79. The van der Waals surface area contributed by atoms with Crippen LogP contribution in [0.15, 0.2) is 91.0 Å². The van der Waals surface area contributed by atoms with Crippen molar-refractivity contribution in [2.45, 2.75) is 109 Å². The van der Waals surface area contributed by atoms with E-state index in [4.69, 9.17) is 23.8 Å². The van der Waals surface area contributed by atoms with Crippen molar-refractivity contribution in [3.05, 3.63) is 119 Å². The number of benzene rings is 4. The van der Waals surface area contributed by atoms with E-state index in [0.29, 0.717) is 52.2 Å². The van der Waals surface area contributed by atoms with Gasteiger partial charge in [0.15, 0.2) is 0 Å². The molecular formula is C58H78N4O11. The summed E-state index contributed by atoms with van der Waals surface area (Å²) >= 11 is 0. The number of rotatable bonds is 26. The number of fused-ring (bicyclic) bond motifs is 1. The summed E-state index contributed by atoms with van der Waals surface area (Å²) in [5.74, 6) is -0.137. The molecule has 2 amide bonds. The van der Waals surface area contributed by atoms with Crippen molar-refractivity contribution in [1.82, 2.24) is 20.2 Å². The summed E-state index contributed by atoms with van der Waals surface area (Å²) < 4.78 is 21.9. The molecular weight excluding hydrogens is 929 g/mol. The predicted octanol–water partition coefficient (Wildman–Crippen LogP) is 8.42. The Morgan fingerprint density at radius 3 is 1.78 bits per heavy atom. The summed E-state index contributed by atoms with van der Waals surface area (Å²) in [4.78, 5) is 61.1. The van der Waals surface area contributed by atoms with Crippen LogP contribution in [0, 0.1) is 11.8 Å². The molecule has 15 heteroatoms. The summed E-state index contributed by atoms with van der Waals surface area (Å²) in [7, 11) is 4.93. The Labute approximate surface area is 432 Å². The minimum absolute atomic E-state index is 0.0592. The largest absolute Gasteiger partial charge is 0.497 e. The zero-order valence-corrected chi connectivity index (χ0v) is 43.8. The second-order valence-electron chi connectivity index (χ2n) is 19.3. The molecule has 0 aromatic heterocycles. The Morgan fingerprint density at radius 2 is 1.25 bits per heavy atom. The lowest BCUT2D eigenvalue weighted by Crippen LogP contribution is -2.44. The number of amides is 2. The van der Waals surface area contributed by atoms with Crippen LogP contribution in [0.4, 0.5) is 0 Å². The molecule has 0 saturated carbocycles. The number of hydrogen-bond donors (Lipinski definition) is 3. The molecule has 3 heterocycles. The molecule has 3 aliphatic heterocycles. The van der Waals surface area contributed by atoms with Crippen molar-refractivity contribution in [3.8, 4) is 23.0 Å². The lowest BCUT2D eigenvalue weighted by molar-refractivity contribution is -0.188. The van der Waals surface area contributed by atoms with Gasteiger partial charge in [-0.2, -0.15) is 0 Å². The maximum Gasteiger partial charge on any atom is 0.308 e. The Balaban J connectivity index is 0.000000241. The number of likely N-dealkylation sites (tertiary alicyclic amines) is 2. The third-order valence-corrected chi connectivity index (χ3v) is 14.4. The van der Waals surface area contributed by atoms with Crippen LogP contribution in [0.3, 0.4) is 0 Å². The van der Waals surface area contributed by atoms with Crippen LogP contribution in [0.25, 0.3) is 0 Å². The zero-order chi connectivity index (χ0) is 52.3. The zero-order valence-electron chi connectivity index (χ0n) is 43.8. The molecule has 3 N–H and O–H groups in total. The number of aliphatic carboxylic acids is 2. The van der Waals surface area contributed by atoms with E-state index in [1.54, 1.807) is 21.3 Å². The van der Waals surface area contributed by atoms with Gasteiger partial charge in [0.1, 0.15) is 23.0 Å². The third kappa shape index (κ3) is 15.0. The van der Waals surface area contributed by atoms with Gasteiger partial charge in [-0.15, -0.1) is 0 Å². The van der Waals surface area contributed by atoms with Gasteiger partial charge in [0.05, 0.1) is 59.5 Å². The summed E-state index contributed by atoms with van der Waals surface area (Å²) in [5, 5.41) is 25.1. The van der Waals surface area contributed by atoms with Crippen LogP contribution in [0.2, 0.25) is 0 Å². The Kier molecular flexibility index (Phi) is 21.8. The third-order valence-electron chi connectivity index (χ3n) is 14.4. The number of nitrogens with zero attached hydrogens (tertiary/aromatic N) is 3. The number of aryl methyl sites for hydroxylation is 2. The van der Waals surface area contributed by atoms with Gasteiger partial charge in [-0.25, -0.2) is 5.06 Å². The fourth-order valence-corrected chi connectivity index (χ4v) is 10.9. The van der Waals surface area contributed by atoms with Crippen molar-refractivity contribution in [2.75, 3.05) is 73.8 Å². The molecule has 2 saturated heterocycles. The number of methoxy groups -OCH3 is 3. The quantitative estimate of drug-likeness (QED) is 0.0512. The average molecular weight is 1010 g/mol. The van der Waals surface area contributed by atoms with E-state index in [1.807, 2.05) is 106 Å². The first-order valence-electron chi connectivity index (χ1n) is 26.2. The van der Waals surface area contributed by atoms with Gasteiger partial charge in [-0.05, 0) is 116 Å². The van der Waals surface area contributed by atoms with Crippen LogP contribution >= 0.6 is 0 Å². The average Bonchev–Trinajstić information content (AvgIpc) is 4.13. The van der Waals surface area contributed by atoms with Gasteiger partial charge in [0.25, 0.3) is 5.91 Å². The molecule has 0 spiro atoms. The first kappa shape index (κ1) is 56.1. The van der Waals surface area contributed by atoms with Crippen LogP contribution in [0.1, 0.15) is 105 Å². The number of carbonyl (C=O) groups is 4. The monoisotopic (exact) mass is 1010 g/mol. The summed E-state index contributed by atoms with van der Waals surface area (Å²) in [6.07, 6.45) is 7.79. The molecule has 0 aliphatic carbocycles. The highest BCUT2D eigenvalue weighted by Gasteiger charge is 2.48. The molecule has 15 nitrogen and oxygen atoms in total. The fourth-order valence-electron chi connectivity index (χ4n) is 10.9. The number of hydroxylamine groups is 2. The lowest BCUT2D eigenvalue weighted by atomic mass is 9.83. The van der Waals surface area contributed by atoms with Crippen molar-refractivity contribution in [1.29, 1.82) is 0 Å². The summed E-state index contributed by atoms with van der Waals surface area (Å²) in [6, 6.07) is 29.0. The molecule has 0 bridgehead atoms. The Bertz CT molecular complexity index is 2400. The van der Waals surface area contributed by atoms with Crippen molar-refractivity contribution in [3.63, 3.8) is 0 Å². The molecule has 3 aliphatic rings. The SMILES string of the molecule is CCCNC(=O)CN1C[C@H](c2ccc(OC)cc2)[C@@H](C(=O)O)[C@@H]1CCCc1ccccc1OC.CCCON(CCC)C(=O)CN1C[C@H](c2ccc3c(c2)CCO3)[C@@H](C(=O)O)[C@@H]1CCCc1ccccc1OC. The summed E-state index contributed by atoms with van der Waals surface area (Å²) in [6.45, 7) is 9.68. The molecule has 6 atom stereocenters. The predicted molar refractivity (Wildman–Crippen MR) is 281 cm³/mol. The van der Waals surface area contributed by atoms with Gasteiger partial charge < -0.3 is 34.5 Å². The second-order valence-corrected chi connectivity index (χ2v) is 19.3. The van der Waals surface area contributed by atoms with Gasteiger partial charge >= 0.3 is 11.9 Å². The molecule has 73 heavy (non-hydrogen) atoms. The summed E-state index contributed by atoms with van der Waals surface area (Å²) in [5.41, 5.74) is 5.29. The number of carbonyl (C=O) groups excluding carboxylic acids is 2. The molecule has 0 radical (unpaired) electrons. The topological polar surface area (TPSA) is 177 Å². The molecule has 4 aromatic carbocycles. The molecule has 2 fully saturated rings. The molecule has 4 aromatic rings. The maximum absolute atomic E-state index is 13.4.